The number of methoxy groups -OCH3 is 1. The highest BCUT2D eigenvalue weighted by molar-refractivity contribution is 7.95. The molecule has 0 bridgehead atoms. The molecule has 4 aromatic rings. The fourth-order valence-electron chi connectivity index (χ4n) is 14.1. The lowest BCUT2D eigenvalue weighted by Crippen LogP contribution is -2.65. The van der Waals surface area contributed by atoms with Gasteiger partial charge >= 0.3 is 12.2 Å². The van der Waals surface area contributed by atoms with E-state index in [4.69, 9.17) is 73.3 Å². The van der Waals surface area contributed by atoms with Crippen LogP contribution in [-0.4, -0.2) is 328 Å². The van der Waals surface area contributed by atoms with E-state index in [0.29, 0.717) is 34.5 Å². The molecule has 0 spiro atoms. The van der Waals surface area contributed by atoms with Crippen molar-refractivity contribution >= 4 is 104 Å². The van der Waals surface area contributed by atoms with Gasteiger partial charge in [0.2, 0.25) is 41.1 Å². The van der Waals surface area contributed by atoms with Crippen molar-refractivity contribution in [1.29, 1.82) is 0 Å². The third kappa shape index (κ3) is 21.4. The van der Waals surface area contributed by atoms with Gasteiger partial charge in [-0.25, -0.2) is 34.5 Å². The number of aromatic amines is 1. The number of Topliss-reactive ketones (excluding diaryl/α,β-unsaturated/α-hetero) is 2. The van der Waals surface area contributed by atoms with Crippen LogP contribution in [0.4, 0.5) is 15.4 Å². The lowest BCUT2D eigenvalue weighted by atomic mass is 9.82. The number of aliphatic hydroxyl groups is 8. The number of fused-ring (bicyclic) bond motifs is 4. The lowest BCUT2D eigenvalue weighted by molar-refractivity contribution is -0.372. The van der Waals surface area contributed by atoms with Crippen LogP contribution in [0, 0.1) is 18.8 Å². The maximum absolute atomic E-state index is 15.2. The van der Waals surface area contributed by atoms with Gasteiger partial charge in [0, 0.05) is 86.1 Å². The summed E-state index contributed by atoms with van der Waals surface area (Å²) in [5.74, 6) is -9.03. The summed E-state index contributed by atoms with van der Waals surface area (Å²) < 4.78 is 39.5. The molecule has 4 aromatic heterocycles. The Morgan fingerprint density at radius 1 is 0.792 bits per heavy atom. The molecule has 10 rings (SSSR count). The molecule has 5 aliphatic heterocycles. The van der Waals surface area contributed by atoms with Gasteiger partial charge in [-0.2, -0.15) is 0 Å². The molecule has 4 saturated heterocycles. The number of amides is 9. The van der Waals surface area contributed by atoms with E-state index in [1.165, 1.54) is 64.4 Å². The normalized spacial score (nSPS) is 26.6. The van der Waals surface area contributed by atoms with Crippen molar-refractivity contribution in [2.45, 2.75) is 182 Å². The third-order valence-electron chi connectivity index (χ3n) is 20.8. The molecule has 660 valence electrons. The lowest BCUT2D eigenvalue weighted by Gasteiger charge is -2.47. The highest BCUT2D eigenvalue weighted by Crippen LogP contribution is 2.56. The van der Waals surface area contributed by atoms with Crippen molar-refractivity contribution in [3.05, 3.63) is 79.3 Å². The first-order valence-corrected chi connectivity index (χ1v) is 41.5. The number of imidazole rings is 1. The van der Waals surface area contributed by atoms with Gasteiger partial charge in [0.25, 0.3) is 11.8 Å². The Hall–Kier alpha value is -9.69. The van der Waals surface area contributed by atoms with E-state index in [1.54, 1.807) is 10.8 Å². The maximum Gasteiger partial charge on any atom is 0.404 e. The molecule has 0 aromatic carbocycles. The maximum atomic E-state index is 15.2. The Morgan fingerprint density at radius 2 is 1.48 bits per heavy atom. The van der Waals surface area contributed by atoms with Crippen molar-refractivity contribution in [3.8, 4) is 10.7 Å². The largest absolute Gasteiger partial charge is 0.449 e. The Bertz CT molecular complexity index is 4460. The second kappa shape index (κ2) is 40.8. The van der Waals surface area contributed by atoms with E-state index in [2.05, 4.69) is 79.6 Å². The zero-order valence-corrected chi connectivity index (χ0v) is 68.6. The minimum atomic E-state index is -2.20. The van der Waals surface area contributed by atoms with E-state index in [1.807, 2.05) is 4.90 Å². The number of thiazole rings is 2. The number of hydrogen-bond donors (Lipinski definition) is 23. The van der Waals surface area contributed by atoms with Gasteiger partial charge < -0.3 is 161 Å². The highest BCUT2D eigenvalue weighted by Gasteiger charge is 2.73. The number of nitrogens with zero attached hydrogens (tertiary/aromatic N) is 6. The molecule has 0 radical (unpaired) electrons. The highest BCUT2D eigenvalue weighted by atomic mass is 32.2. The van der Waals surface area contributed by atoms with Gasteiger partial charge in [0.15, 0.2) is 24.4 Å². The third-order valence-corrected chi connectivity index (χ3v) is 23.6. The van der Waals surface area contributed by atoms with Crippen molar-refractivity contribution in [3.63, 3.8) is 0 Å². The molecule has 47 nitrogen and oxygen atoms in total. The summed E-state index contributed by atoms with van der Waals surface area (Å²) in [6.07, 6.45) is -20.9. The van der Waals surface area contributed by atoms with E-state index < -0.39 is 206 Å². The number of allylic oxidation sites excluding steroid dienone is 2. The molecule has 23 atom stereocenters. The first-order valence-electron chi connectivity index (χ1n) is 37.5. The summed E-state index contributed by atoms with van der Waals surface area (Å²) in [6, 6.07) is -7.74. The zero-order chi connectivity index (χ0) is 88.4. The van der Waals surface area contributed by atoms with Crippen molar-refractivity contribution < 1.29 is 127 Å². The predicted molar refractivity (Wildman–Crippen MR) is 419 cm³/mol. The molecular formula is C70H102N21O26S3+. The Balaban J connectivity index is 0.000000575. The van der Waals surface area contributed by atoms with Gasteiger partial charge in [0.1, 0.15) is 107 Å². The number of ether oxygens (including phenoxy) is 7. The fourth-order valence-corrected chi connectivity index (χ4v) is 16.4. The summed E-state index contributed by atoms with van der Waals surface area (Å²) >= 11 is 2.52. The second-order valence-corrected chi connectivity index (χ2v) is 33.5. The summed E-state index contributed by atoms with van der Waals surface area (Å²) in [6.45, 7) is 5.09. The van der Waals surface area contributed by atoms with Gasteiger partial charge in [-0.1, -0.05) is 6.92 Å². The fraction of sp³-hybridized carbons (Fsp3) is 0.600. The van der Waals surface area contributed by atoms with Crippen LogP contribution in [0.15, 0.2) is 45.8 Å². The minimum Gasteiger partial charge on any atom is -0.449 e. The summed E-state index contributed by atoms with van der Waals surface area (Å²) in [5.41, 5.74) is 38.7. The average molecular weight is 1750 g/mol. The smallest absolute Gasteiger partial charge is 0.404 e. The van der Waals surface area contributed by atoms with Gasteiger partial charge in [-0.3, -0.25) is 43.2 Å². The number of anilines is 1. The van der Waals surface area contributed by atoms with E-state index in [0.717, 1.165) is 24.7 Å². The molecule has 4 fully saturated rings. The molecule has 120 heavy (non-hydrogen) atoms. The molecule has 1 aliphatic carbocycles. The molecule has 0 unspecified atom stereocenters. The van der Waals surface area contributed by atoms with Crippen molar-refractivity contribution in [1.82, 2.24) is 72.0 Å². The van der Waals surface area contributed by atoms with Crippen molar-refractivity contribution in [2.24, 2.45) is 46.2 Å². The standard InChI is InChI=1S/C55H83N17O21S3.C15H18N4O5/c1-20-33(69-46(72-44(20)58)25(12-31(57)76)64-13-24(56)45(59)82)50(86)71-35(41(26-14-61-19-65-26)91-54-43(39(80)37(78)29(15-73)90-54)92-53-40(81)42(93-55(60)88)38(79)30(16-74)89-53)51(87)66-22(3)36(77)21(2)47(83)70-34(23(4)75)49(85)63-10-8-32-67-28(18-94-32)52-68-27(17-95-52)48(84)62-9-7-11-96(5)6;1-5-9(16)12(21)8-6(4-24-14(17)22)15(23-2)13-7(18-13)3-19(15)10(8)11(5)20/h14,17-19,21-25,29-30,34-43,53-54,64,73-75,77-81H,7-13,15-16,56H2,1-6H3,(H13-,57,58,59,60,61,62,63,65,66,69,70,71,72,76,82,83,84,85,86,87,88);6-7,13,18H,3-4,16H2,1-2H3,(H2,17,22)/p+1/t21-,22+,23+,24-,25-,29-,30-,34-,35-,36-,37-,38-,39+,40-,41-,42+,43-,53-,54-;6-,7+,13+,15-/m01/s1. The average Bonchev–Trinajstić information content (AvgIpc) is 1.50. The molecular weight excluding hydrogens is 1650 g/mol. The van der Waals surface area contributed by atoms with E-state index >= 15 is 4.79 Å². The number of nitrogen functional groups attached to an aromatic ring is 1. The van der Waals surface area contributed by atoms with Gasteiger partial charge in [-0.15, -0.1) is 22.7 Å². The number of carbonyl (C=O) groups is 11. The Labute approximate surface area is 695 Å². The molecule has 9 heterocycles. The number of carbonyl (C=O) groups excluding carboxylic acids is 11. The van der Waals surface area contributed by atoms with Crippen LogP contribution < -0.4 is 77.4 Å². The van der Waals surface area contributed by atoms with Crippen LogP contribution in [0.2, 0.25) is 0 Å². The number of nitrogens with two attached hydrogens (primary N) is 7. The minimum absolute atomic E-state index is 0.00498. The summed E-state index contributed by atoms with van der Waals surface area (Å²) in [7, 11) is 1.77. The van der Waals surface area contributed by atoms with Gasteiger partial charge in [0.05, 0.1) is 109 Å². The molecule has 50 heteroatoms. The van der Waals surface area contributed by atoms with Crippen LogP contribution >= 0.6 is 22.7 Å². The quantitative estimate of drug-likeness (QED) is 0.00857. The monoisotopic (exact) mass is 1750 g/mol. The number of primary amides is 4. The first kappa shape index (κ1) is 94.2. The van der Waals surface area contributed by atoms with Crippen LogP contribution in [0.3, 0.4) is 0 Å². The topological polar surface area (TPSA) is 774 Å². The van der Waals surface area contributed by atoms with Gasteiger partial charge in [-0.05, 0) is 38.6 Å². The van der Waals surface area contributed by atoms with Crippen LogP contribution in [0.1, 0.15) is 95.7 Å². The summed E-state index contributed by atoms with van der Waals surface area (Å²) in [5, 5.41) is 111. The first-order chi connectivity index (χ1) is 56.7. The van der Waals surface area contributed by atoms with E-state index in [9.17, 15) is 88.8 Å². The van der Waals surface area contributed by atoms with Crippen LogP contribution in [0.25, 0.3) is 10.7 Å². The number of nitrogens with one attached hydrogen (secondary N) is 8. The Morgan fingerprint density at radius 3 is 2.11 bits per heavy atom. The van der Waals surface area contributed by atoms with Crippen molar-refractivity contribution in [2.75, 3.05) is 77.1 Å². The number of H-pyrrole nitrogens is 1. The molecule has 0 saturated carbocycles. The Kier molecular flexibility index (Phi) is 32.0. The number of piperazine rings is 1. The van der Waals surface area contributed by atoms with Crippen LogP contribution in [0.5, 0.6) is 0 Å². The number of aliphatic hydroxyl groups excluding tert-OH is 8. The predicted octanol–water partition coefficient (Wildman–Crippen LogP) is -9.35. The molecule has 9 amide bonds. The number of aromatic nitrogens is 6. The molecule has 6 aliphatic rings. The number of rotatable bonds is 38. The van der Waals surface area contributed by atoms with E-state index in [-0.39, 0.29) is 106 Å². The number of ketones is 2. The summed E-state index contributed by atoms with van der Waals surface area (Å²) in [4.78, 5) is 169. The zero-order valence-electron chi connectivity index (χ0n) is 66.2. The van der Waals surface area contributed by atoms with Crippen LogP contribution in [-0.2, 0) is 84.0 Å². The second-order valence-electron chi connectivity index (χ2n) is 29.3. The SMILES string of the molecule is CO[C@@]12[C@H](COC(N)=O)C3=C(C(=O)C(C)=C(N)C3=O)N1C[C@@H]1N[C@@H]12.Cc1c(N)nc([C@H](CC(N)=O)NC[C@H](N)C(N)=O)nc1C(=O)N[C@H](C(=O)N[C@H](C)[C@@H](O)[C@H](C)C(=O)N[C@H](C(=O)NCCc1nc(-c2nc(C(=O)NCCC[S+](C)C)cs2)cs1)[C@@H](C)O)[C@@H](O[C@@H]1O[C@@H](CO)[C@H](O)[C@@H](O)[C@@H]1O[C@@H]1O[C@@H](CO)[C@H](O)[C@@H](OC(N)=O)[C@@H]1O)c1cnc[nH]1. The molecule has 30 N–H and O–H groups in total. The number of hydrogen-bond acceptors (Lipinski definition) is 39.